The van der Waals surface area contributed by atoms with Gasteiger partial charge in [0.1, 0.15) is 30.1 Å². The van der Waals surface area contributed by atoms with Crippen LogP contribution in [0.15, 0.2) is 42.5 Å². The molecule has 1 radical (unpaired) electrons. The second-order valence-electron chi connectivity index (χ2n) is 13.7. The molecule has 0 fully saturated rings. The number of anilines is 1. The van der Waals surface area contributed by atoms with Gasteiger partial charge in [-0.05, 0) is 29.0 Å². The van der Waals surface area contributed by atoms with Crippen LogP contribution in [-0.2, 0) is 12.0 Å². The Bertz CT molecular complexity index is 1050. The van der Waals surface area contributed by atoms with Crippen molar-refractivity contribution in [2.24, 2.45) is 10.8 Å². The molecular weight excluding hydrogens is 428 g/mol. The van der Waals surface area contributed by atoms with Crippen LogP contribution < -0.4 is 9.64 Å². The number of rotatable bonds is 5. The van der Waals surface area contributed by atoms with Crippen molar-refractivity contribution >= 4 is 12.0 Å². The van der Waals surface area contributed by atoms with Crippen LogP contribution >= 0.6 is 0 Å². The van der Waals surface area contributed by atoms with E-state index in [9.17, 15) is 0 Å². The van der Waals surface area contributed by atoms with Gasteiger partial charge in [0.2, 0.25) is 0 Å². The summed E-state index contributed by atoms with van der Waals surface area (Å²) in [6, 6.07) is 16.0. The normalized spacial score (nSPS) is 19.3. The van der Waals surface area contributed by atoms with Gasteiger partial charge in [-0.15, -0.1) is 0 Å². The van der Waals surface area contributed by atoms with E-state index in [1.807, 2.05) is 0 Å². The molecule has 1 aliphatic heterocycles. The molecule has 191 valence electrons. The van der Waals surface area contributed by atoms with Crippen LogP contribution in [0.3, 0.4) is 0 Å². The van der Waals surface area contributed by atoms with Crippen LogP contribution in [0.25, 0.3) is 0 Å². The van der Waals surface area contributed by atoms with Gasteiger partial charge >= 0.3 is 6.34 Å². The Labute approximate surface area is 215 Å². The topological polar surface area (TPSA) is 15.5 Å². The summed E-state index contributed by atoms with van der Waals surface area (Å²) in [7, 11) is 1.79. The minimum absolute atomic E-state index is 0.0281. The molecule has 0 saturated heterocycles. The smallest absolute Gasteiger partial charge is 0.369 e. The van der Waals surface area contributed by atoms with E-state index < -0.39 is 0 Å². The molecule has 0 aliphatic carbocycles. The van der Waals surface area contributed by atoms with E-state index in [1.54, 1.807) is 7.11 Å². The summed E-state index contributed by atoms with van der Waals surface area (Å²) in [5, 5.41) is 0. The van der Waals surface area contributed by atoms with Gasteiger partial charge in [-0.3, -0.25) is 0 Å². The standard InChI is InChI=1S/C32H48N2O/c1-22(2)24-18-27(35-12)25(30(3,4)5)19-26(24)34-21-33(20-23-16-14-13-15-17-23)28(31(6,7)8)29(34)32(9,10)11/h13-19,22,28-29H,20H2,1-12H3/q+1/t28-,29-/m0/s1. The summed E-state index contributed by atoms with van der Waals surface area (Å²) in [4.78, 5) is 2.48. The summed E-state index contributed by atoms with van der Waals surface area (Å²) in [5.74, 6) is 1.34. The molecule has 2 aromatic carbocycles. The second kappa shape index (κ2) is 9.64. The third-order valence-corrected chi connectivity index (χ3v) is 7.16. The Morgan fingerprint density at radius 2 is 1.51 bits per heavy atom. The maximum absolute atomic E-state index is 5.90. The van der Waals surface area contributed by atoms with Gasteiger partial charge in [0.25, 0.3) is 0 Å². The van der Waals surface area contributed by atoms with Crippen molar-refractivity contribution in [1.29, 1.82) is 0 Å². The average Bonchev–Trinajstić information content (AvgIpc) is 3.12. The van der Waals surface area contributed by atoms with E-state index in [4.69, 9.17) is 4.74 Å². The maximum Gasteiger partial charge on any atom is 0.369 e. The Morgan fingerprint density at radius 1 is 0.914 bits per heavy atom. The molecule has 0 unspecified atom stereocenters. The zero-order valence-electron chi connectivity index (χ0n) is 24.3. The highest BCUT2D eigenvalue weighted by molar-refractivity contribution is 5.82. The van der Waals surface area contributed by atoms with Gasteiger partial charge in [-0.2, -0.15) is 0 Å². The van der Waals surface area contributed by atoms with Crippen LogP contribution in [0.2, 0.25) is 0 Å². The summed E-state index contributed by atoms with van der Waals surface area (Å²) >= 11 is 0. The number of ether oxygens (including phenoxy) is 1. The molecule has 0 N–H and O–H groups in total. The molecule has 2 atom stereocenters. The monoisotopic (exact) mass is 476 g/mol. The lowest BCUT2D eigenvalue weighted by Crippen LogP contribution is -2.53. The summed E-state index contributed by atoms with van der Waals surface area (Å²) in [5.41, 5.74) is 5.22. The lowest BCUT2D eigenvalue weighted by Gasteiger charge is -2.39. The fourth-order valence-corrected chi connectivity index (χ4v) is 5.50. The number of hydrogen-bond acceptors (Lipinski definition) is 2. The van der Waals surface area contributed by atoms with Gasteiger partial charge < -0.3 is 4.74 Å². The molecule has 3 heteroatoms. The largest absolute Gasteiger partial charge is 0.496 e. The molecule has 0 spiro atoms. The van der Waals surface area contributed by atoms with Crippen molar-refractivity contribution in [2.45, 2.75) is 106 Å². The molecule has 0 aromatic heterocycles. The highest BCUT2D eigenvalue weighted by Crippen LogP contribution is 2.46. The minimum Gasteiger partial charge on any atom is -0.496 e. The van der Waals surface area contributed by atoms with Crippen molar-refractivity contribution in [3.05, 3.63) is 59.2 Å². The first kappa shape index (κ1) is 27.3. The molecule has 2 aromatic rings. The van der Waals surface area contributed by atoms with E-state index >= 15 is 0 Å². The van der Waals surface area contributed by atoms with Crippen LogP contribution in [-0.4, -0.2) is 30.1 Å². The Hall–Kier alpha value is -2.29. The van der Waals surface area contributed by atoms with E-state index in [2.05, 4.69) is 134 Å². The minimum atomic E-state index is -0.0281. The zero-order chi connectivity index (χ0) is 26.3. The van der Waals surface area contributed by atoms with Gasteiger partial charge in [-0.25, -0.2) is 9.48 Å². The first-order chi connectivity index (χ1) is 16.1. The van der Waals surface area contributed by atoms with E-state index in [1.165, 1.54) is 22.4 Å². The van der Waals surface area contributed by atoms with Crippen LogP contribution in [0.1, 0.15) is 98.8 Å². The first-order valence-electron chi connectivity index (χ1n) is 13.1. The molecule has 1 aliphatic rings. The third-order valence-electron chi connectivity index (χ3n) is 7.16. The number of hydrogen-bond donors (Lipinski definition) is 0. The van der Waals surface area contributed by atoms with Crippen molar-refractivity contribution < 1.29 is 9.31 Å². The maximum atomic E-state index is 5.90. The second-order valence-corrected chi connectivity index (χ2v) is 13.7. The molecule has 1 heterocycles. The van der Waals surface area contributed by atoms with E-state index in [0.717, 1.165) is 12.3 Å². The lowest BCUT2D eigenvalue weighted by molar-refractivity contribution is -0.588. The fourth-order valence-electron chi connectivity index (χ4n) is 5.50. The van der Waals surface area contributed by atoms with Gasteiger partial charge in [-0.1, -0.05) is 106 Å². The van der Waals surface area contributed by atoms with Crippen molar-refractivity contribution in [2.75, 3.05) is 12.0 Å². The molecule has 0 amide bonds. The van der Waals surface area contributed by atoms with Crippen LogP contribution in [0.4, 0.5) is 5.69 Å². The van der Waals surface area contributed by atoms with E-state index in [0.29, 0.717) is 12.0 Å². The van der Waals surface area contributed by atoms with Gasteiger partial charge in [0.05, 0.1) is 7.11 Å². The molecule has 3 nitrogen and oxygen atoms in total. The molecule has 0 saturated carbocycles. The number of nitrogens with zero attached hydrogens (tertiary/aromatic N) is 2. The van der Waals surface area contributed by atoms with Gasteiger partial charge in [0, 0.05) is 22.0 Å². The predicted molar refractivity (Wildman–Crippen MR) is 150 cm³/mol. The molecular formula is C32H48N2O+. The van der Waals surface area contributed by atoms with Crippen LogP contribution in [0, 0.1) is 10.8 Å². The predicted octanol–water partition coefficient (Wildman–Crippen LogP) is 7.88. The Kier molecular flexibility index (Phi) is 7.52. The van der Waals surface area contributed by atoms with E-state index in [-0.39, 0.29) is 22.3 Å². The molecule has 3 rings (SSSR count). The summed E-state index contributed by atoms with van der Waals surface area (Å²) < 4.78 is 8.37. The third kappa shape index (κ3) is 5.76. The Balaban J connectivity index is 2.29. The highest BCUT2D eigenvalue weighted by atomic mass is 16.5. The molecule has 35 heavy (non-hydrogen) atoms. The highest BCUT2D eigenvalue weighted by Gasteiger charge is 2.55. The average molecular weight is 477 g/mol. The fraction of sp³-hybridized carbons (Fsp3) is 0.594. The van der Waals surface area contributed by atoms with Crippen LogP contribution in [0.5, 0.6) is 5.75 Å². The lowest BCUT2D eigenvalue weighted by atomic mass is 9.72. The van der Waals surface area contributed by atoms with Gasteiger partial charge in [0.15, 0.2) is 0 Å². The number of methoxy groups -OCH3 is 1. The first-order valence-corrected chi connectivity index (χ1v) is 13.1. The zero-order valence-corrected chi connectivity index (χ0v) is 24.3. The van der Waals surface area contributed by atoms with Crippen molar-refractivity contribution in [3.8, 4) is 5.75 Å². The van der Waals surface area contributed by atoms with Crippen molar-refractivity contribution in [3.63, 3.8) is 0 Å². The molecule has 0 bridgehead atoms. The summed E-state index contributed by atoms with van der Waals surface area (Å²) in [6.07, 6.45) is 3.91. The Morgan fingerprint density at radius 3 is 1.97 bits per heavy atom. The number of benzene rings is 2. The van der Waals surface area contributed by atoms with Crippen molar-refractivity contribution in [1.82, 2.24) is 0 Å². The quantitative estimate of drug-likeness (QED) is 0.408. The SMILES string of the molecule is COc1cc(C(C)C)c(N2[C]=[N+](Cc3ccccc3)[C@H](C(C)(C)C)[C@H]2C(C)(C)C)cc1C(C)(C)C. The summed E-state index contributed by atoms with van der Waals surface area (Å²) in [6.45, 7) is 26.4.